The zero-order valence-electron chi connectivity index (χ0n) is 8.01. The summed E-state index contributed by atoms with van der Waals surface area (Å²) in [4.78, 5) is 4.39. The predicted octanol–water partition coefficient (Wildman–Crippen LogP) is 3.24. The van der Waals surface area contributed by atoms with Crippen LogP contribution in [0.15, 0.2) is 22.7 Å². The van der Waals surface area contributed by atoms with E-state index >= 15 is 0 Å². The van der Waals surface area contributed by atoms with E-state index < -0.39 is 0 Å². The van der Waals surface area contributed by atoms with E-state index in [2.05, 4.69) is 26.3 Å². The highest BCUT2D eigenvalue weighted by atomic mass is 79.9. The summed E-state index contributed by atoms with van der Waals surface area (Å²) >= 11 is 9.51. The molecular weight excluding hydrogens is 277 g/mol. The normalized spacial score (nSPS) is 10.7. The zero-order chi connectivity index (χ0) is 11.0. The minimum absolute atomic E-state index is 0.658. The zero-order valence-corrected chi connectivity index (χ0v) is 10.4. The fourth-order valence-electron chi connectivity index (χ4n) is 1.44. The van der Waals surface area contributed by atoms with Gasteiger partial charge in [-0.2, -0.15) is 0 Å². The fourth-order valence-corrected chi connectivity index (χ4v) is 2.08. The molecule has 15 heavy (non-hydrogen) atoms. The van der Waals surface area contributed by atoms with Gasteiger partial charge in [0.1, 0.15) is 5.82 Å². The Labute approximate surface area is 101 Å². The van der Waals surface area contributed by atoms with Crippen molar-refractivity contribution in [1.82, 2.24) is 4.98 Å². The number of hydrogen-bond acceptors (Lipinski definition) is 3. The first-order valence-corrected chi connectivity index (χ1v) is 5.52. The summed E-state index contributed by atoms with van der Waals surface area (Å²) in [7, 11) is 0. The first-order chi connectivity index (χ1) is 7.13. The molecule has 3 nitrogen and oxygen atoms in total. The van der Waals surface area contributed by atoms with Gasteiger partial charge in [0.25, 0.3) is 0 Å². The number of anilines is 1. The molecule has 0 aliphatic carbocycles. The molecule has 0 saturated heterocycles. The monoisotopic (exact) mass is 285 g/mol. The van der Waals surface area contributed by atoms with Crippen LogP contribution in [0.4, 0.5) is 5.82 Å². The topological polar surface area (TPSA) is 50.9 Å². The van der Waals surface area contributed by atoms with Crippen molar-refractivity contribution >= 4 is 44.3 Å². The lowest BCUT2D eigenvalue weighted by atomic mass is 10.1. The van der Waals surface area contributed by atoms with E-state index in [0.717, 1.165) is 20.9 Å². The number of nitrogens with one attached hydrogen (secondary N) is 1. The van der Waals surface area contributed by atoms with Crippen molar-refractivity contribution in [2.24, 2.45) is 5.84 Å². The highest BCUT2D eigenvalue weighted by Crippen LogP contribution is 2.31. The maximum Gasteiger partial charge on any atom is 0.143 e. The Bertz CT molecular complexity index is 528. The maximum atomic E-state index is 6.08. The number of halogens is 2. The molecule has 0 atom stereocenters. The molecule has 0 aliphatic heterocycles. The minimum atomic E-state index is 0.658. The number of nitrogens with zero attached hydrogens (tertiary/aromatic N) is 1. The van der Waals surface area contributed by atoms with Crippen molar-refractivity contribution < 1.29 is 0 Å². The van der Waals surface area contributed by atoms with Gasteiger partial charge in [0.15, 0.2) is 0 Å². The number of nitrogen functional groups attached to an aromatic ring is 1. The van der Waals surface area contributed by atoms with E-state index in [9.17, 15) is 0 Å². The smallest absolute Gasteiger partial charge is 0.143 e. The first-order valence-electron chi connectivity index (χ1n) is 4.35. The summed E-state index contributed by atoms with van der Waals surface area (Å²) in [6, 6.07) is 5.67. The van der Waals surface area contributed by atoms with E-state index in [-0.39, 0.29) is 0 Å². The molecule has 3 N–H and O–H groups in total. The van der Waals surface area contributed by atoms with Crippen molar-refractivity contribution in [1.29, 1.82) is 0 Å². The van der Waals surface area contributed by atoms with Crippen LogP contribution < -0.4 is 11.3 Å². The summed E-state index contributed by atoms with van der Waals surface area (Å²) in [6.45, 7) is 1.93. The third-order valence-corrected chi connectivity index (χ3v) is 3.18. The summed E-state index contributed by atoms with van der Waals surface area (Å²) in [5.74, 6) is 6.03. The number of hydrazine groups is 1. The van der Waals surface area contributed by atoms with Gasteiger partial charge in [-0.25, -0.2) is 10.8 Å². The van der Waals surface area contributed by atoms with Crippen molar-refractivity contribution in [3.05, 3.63) is 33.3 Å². The van der Waals surface area contributed by atoms with Crippen molar-refractivity contribution in [2.45, 2.75) is 6.92 Å². The standard InChI is InChI=1S/C10H9BrClN3/c1-5-4-6-8(12)3-2-7(11)9(6)14-10(5)15-13/h2-4H,13H2,1H3,(H,14,15). The number of nitrogens with two attached hydrogens (primary N) is 1. The van der Waals surface area contributed by atoms with E-state index in [1.165, 1.54) is 0 Å². The molecule has 0 spiro atoms. The van der Waals surface area contributed by atoms with Gasteiger partial charge >= 0.3 is 0 Å². The largest absolute Gasteiger partial charge is 0.308 e. The molecule has 78 valence electrons. The van der Waals surface area contributed by atoms with Crippen LogP contribution in [0.5, 0.6) is 0 Å². The van der Waals surface area contributed by atoms with E-state index in [1.54, 1.807) is 0 Å². The Kier molecular flexibility index (Phi) is 2.82. The molecule has 1 aromatic heterocycles. The molecule has 5 heteroatoms. The van der Waals surface area contributed by atoms with Crippen LogP contribution in [-0.4, -0.2) is 4.98 Å². The van der Waals surface area contributed by atoms with Gasteiger partial charge < -0.3 is 5.43 Å². The van der Waals surface area contributed by atoms with Crippen LogP contribution in [0.25, 0.3) is 10.9 Å². The van der Waals surface area contributed by atoms with Gasteiger partial charge in [0.05, 0.1) is 10.5 Å². The SMILES string of the molecule is Cc1cc2c(Cl)ccc(Br)c2nc1NN. The average Bonchev–Trinajstić information content (AvgIpc) is 2.23. The molecule has 0 unspecified atom stereocenters. The molecule has 0 radical (unpaired) electrons. The van der Waals surface area contributed by atoms with Gasteiger partial charge in [0.2, 0.25) is 0 Å². The van der Waals surface area contributed by atoms with Crippen LogP contribution in [-0.2, 0) is 0 Å². The van der Waals surface area contributed by atoms with Gasteiger partial charge in [-0.15, -0.1) is 0 Å². The number of pyridine rings is 1. The second kappa shape index (κ2) is 3.96. The van der Waals surface area contributed by atoms with Gasteiger partial charge in [-0.1, -0.05) is 11.6 Å². The Morgan fingerprint density at radius 3 is 2.87 bits per heavy atom. The summed E-state index contributed by atoms with van der Waals surface area (Å²) < 4.78 is 0.901. The molecule has 0 aliphatic rings. The van der Waals surface area contributed by atoms with E-state index in [4.69, 9.17) is 17.4 Å². The lowest BCUT2D eigenvalue weighted by Crippen LogP contribution is -2.10. The highest BCUT2D eigenvalue weighted by Gasteiger charge is 2.07. The van der Waals surface area contributed by atoms with Crippen molar-refractivity contribution in [3.63, 3.8) is 0 Å². The summed E-state index contributed by atoms with van der Waals surface area (Å²) in [6.07, 6.45) is 0. The summed E-state index contributed by atoms with van der Waals surface area (Å²) in [5.41, 5.74) is 4.33. The number of hydrogen-bond donors (Lipinski definition) is 2. The number of aryl methyl sites for hydroxylation is 1. The first kappa shape index (κ1) is 10.7. The number of benzene rings is 1. The second-order valence-electron chi connectivity index (χ2n) is 3.22. The summed E-state index contributed by atoms with van der Waals surface area (Å²) in [5, 5.41) is 1.61. The van der Waals surface area contributed by atoms with Gasteiger partial charge in [-0.05, 0) is 46.6 Å². The Hall–Kier alpha value is -0.840. The molecule has 0 fully saturated rings. The Balaban J connectivity index is 2.86. The molecule has 2 aromatic rings. The molecular formula is C10H9BrClN3. The predicted molar refractivity (Wildman–Crippen MR) is 67.0 cm³/mol. The lowest BCUT2D eigenvalue weighted by molar-refractivity contribution is 1.22. The lowest BCUT2D eigenvalue weighted by Gasteiger charge is -2.08. The van der Waals surface area contributed by atoms with Crippen LogP contribution in [0.1, 0.15) is 5.56 Å². The second-order valence-corrected chi connectivity index (χ2v) is 4.49. The molecule has 2 rings (SSSR count). The molecule has 0 bridgehead atoms. The van der Waals surface area contributed by atoms with Crippen LogP contribution in [0, 0.1) is 6.92 Å². The van der Waals surface area contributed by atoms with E-state index in [0.29, 0.717) is 10.8 Å². The third-order valence-electron chi connectivity index (χ3n) is 2.21. The fraction of sp³-hybridized carbons (Fsp3) is 0.100. The average molecular weight is 287 g/mol. The van der Waals surface area contributed by atoms with Gasteiger partial charge in [0, 0.05) is 9.86 Å². The Morgan fingerprint density at radius 2 is 2.20 bits per heavy atom. The quantitative estimate of drug-likeness (QED) is 0.625. The molecule has 0 saturated carbocycles. The number of fused-ring (bicyclic) bond motifs is 1. The van der Waals surface area contributed by atoms with Crippen molar-refractivity contribution in [2.75, 3.05) is 5.43 Å². The van der Waals surface area contributed by atoms with Crippen molar-refractivity contribution in [3.8, 4) is 0 Å². The highest BCUT2D eigenvalue weighted by molar-refractivity contribution is 9.10. The molecule has 1 aromatic carbocycles. The third kappa shape index (κ3) is 1.80. The van der Waals surface area contributed by atoms with Crippen LogP contribution in [0.3, 0.4) is 0 Å². The minimum Gasteiger partial charge on any atom is -0.308 e. The van der Waals surface area contributed by atoms with Crippen LogP contribution >= 0.6 is 27.5 Å². The van der Waals surface area contributed by atoms with Gasteiger partial charge in [-0.3, -0.25) is 0 Å². The molecule has 0 amide bonds. The van der Waals surface area contributed by atoms with Crippen LogP contribution in [0.2, 0.25) is 5.02 Å². The number of aromatic nitrogens is 1. The number of rotatable bonds is 1. The van der Waals surface area contributed by atoms with E-state index in [1.807, 2.05) is 25.1 Å². The Morgan fingerprint density at radius 1 is 1.47 bits per heavy atom. The molecule has 1 heterocycles. The maximum absolute atomic E-state index is 6.08.